The van der Waals surface area contributed by atoms with Crippen LogP contribution in [-0.2, 0) is 0 Å². The fourth-order valence-electron chi connectivity index (χ4n) is 4.46. The molecule has 0 radical (unpaired) electrons. The topological polar surface area (TPSA) is 110 Å². The molecule has 8 nitrogen and oxygen atoms in total. The molecule has 5 rings (SSSR count). The number of amides is 1. The number of hydrogen-bond acceptors (Lipinski definition) is 7. The largest absolute Gasteiger partial charge is 0.503 e. The molecule has 35 heavy (non-hydrogen) atoms. The van der Waals surface area contributed by atoms with Crippen molar-refractivity contribution in [3.63, 3.8) is 0 Å². The Bertz CT molecular complexity index is 1340. The molecule has 0 bridgehead atoms. The molecule has 0 aliphatic heterocycles. The molecule has 3 unspecified atom stereocenters. The number of nitrogens with zero attached hydrogens (tertiary/aromatic N) is 3. The van der Waals surface area contributed by atoms with Crippen LogP contribution in [0.5, 0.6) is 11.5 Å². The SMILES string of the molecule is COc1ccnc(C(=O)N[C@@H](C)c2noc(C3C(c4ccccc4)C3c3ccc(F)cc3)n2)c1O. The third kappa shape index (κ3) is 4.32. The van der Waals surface area contributed by atoms with E-state index in [1.54, 1.807) is 19.1 Å². The average molecular weight is 474 g/mol. The minimum atomic E-state index is -0.606. The molecule has 2 aromatic heterocycles. The summed E-state index contributed by atoms with van der Waals surface area (Å²) in [6.45, 7) is 1.71. The zero-order valence-electron chi connectivity index (χ0n) is 19.1. The summed E-state index contributed by atoms with van der Waals surface area (Å²) in [5, 5.41) is 17.0. The van der Waals surface area contributed by atoms with Gasteiger partial charge in [-0.15, -0.1) is 0 Å². The number of ether oxygens (including phenoxy) is 1. The van der Waals surface area contributed by atoms with Crippen molar-refractivity contribution in [2.45, 2.75) is 30.7 Å². The van der Waals surface area contributed by atoms with Gasteiger partial charge in [-0.25, -0.2) is 9.37 Å². The van der Waals surface area contributed by atoms with E-state index in [2.05, 4.69) is 32.6 Å². The van der Waals surface area contributed by atoms with Crippen molar-refractivity contribution in [1.29, 1.82) is 0 Å². The standard InChI is InChI=1S/C26H23FN4O4/c1-14(29-25(33)22-23(32)18(34-2)12-13-28-22)24-30-26(35-31-24)21-19(15-6-4-3-5-7-15)20(21)16-8-10-17(27)11-9-16/h3-14,19-21,32H,1-2H3,(H,29,33)/t14-,19?,20?,21?/m0/s1. The summed E-state index contributed by atoms with van der Waals surface area (Å²) in [6.07, 6.45) is 1.37. The van der Waals surface area contributed by atoms with Crippen LogP contribution in [0.25, 0.3) is 0 Å². The quantitative estimate of drug-likeness (QED) is 0.406. The van der Waals surface area contributed by atoms with Crippen molar-refractivity contribution in [2.24, 2.45) is 0 Å². The minimum absolute atomic E-state index is 0.0640. The summed E-state index contributed by atoms with van der Waals surface area (Å²) in [7, 11) is 1.39. The van der Waals surface area contributed by atoms with Gasteiger partial charge in [0.2, 0.25) is 5.89 Å². The number of hydrogen-bond donors (Lipinski definition) is 2. The van der Waals surface area contributed by atoms with Crippen molar-refractivity contribution >= 4 is 5.91 Å². The summed E-state index contributed by atoms with van der Waals surface area (Å²) in [5.41, 5.74) is 1.96. The molecule has 9 heteroatoms. The predicted molar refractivity (Wildman–Crippen MR) is 124 cm³/mol. The molecule has 1 aliphatic carbocycles. The van der Waals surface area contributed by atoms with Crippen LogP contribution in [0.2, 0.25) is 0 Å². The summed E-state index contributed by atoms with van der Waals surface area (Å²) in [4.78, 5) is 21.2. The molecular formula is C26H23FN4O4. The van der Waals surface area contributed by atoms with E-state index in [1.807, 2.05) is 18.2 Å². The molecule has 2 heterocycles. The van der Waals surface area contributed by atoms with Crippen molar-refractivity contribution in [3.8, 4) is 11.5 Å². The fourth-order valence-corrected chi connectivity index (χ4v) is 4.46. The Labute approximate surface area is 200 Å². The smallest absolute Gasteiger partial charge is 0.274 e. The van der Waals surface area contributed by atoms with Gasteiger partial charge in [-0.2, -0.15) is 4.98 Å². The van der Waals surface area contributed by atoms with Crippen molar-refractivity contribution in [2.75, 3.05) is 7.11 Å². The molecular weight excluding hydrogens is 451 g/mol. The van der Waals surface area contributed by atoms with Crippen LogP contribution >= 0.6 is 0 Å². The van der Waals surface area contributed by atoms with Gasteiger partial charge in [-0.05, 0) is 30.2 Å². The third-order valence-corrected chi connectivity index (χ3v) is 6.26. The monoisotopic (exact) mass is 474 g/mol. The second-order valence-electron chi connectivity index (χ2n) is 8.44. The normalized spacial score (nSPS) is 19.7. The average Bonchev–Trinajstić information content (AvgIpc) is 3.42. The Hall–Kier alpha value is -4.27. The Kier molecular flexibility index (Phi) is 5.90. The number of benzene rings is 2. The first-order chi connectivity index (χ1) is 17.0. The Balaban J connectivity index is 1.36. The number of aromatic hydroxyl groups is 1. The number of pyridine rings is 1. The van der Waals surface area contributed by atoms with Crippen molar-refractivity contribution in [3.05, 3.63) is 101 Å². The number of carbonyl (C=O) groups is 1. The summed E-state index contributed by atoms with van der Waals surface area (Å²) < 4.78 is 24.1. The molecule has 178 valence electrons. The van der Waals surface area contributed by atoms with Gasteiger partial charge in [-0.3, -0.25) is 4.79 Å². The molecule has 1 amide bonds. The highest BCUT2D eigenvalue weighted by atomic mass is 19.1. The molecule has 0 saturated heterocycles. The second kappa shape index (κ2) is 9.17. The minimum Gasteiger partial charge on any atom is -0.503 e. The van der Waals surface area contributed by atoms with Gasteiger partial charge in [0, 0.05) is 24.1 Å². The van der Waals surface area contributed by atoms with Gasteiger partial charge < -0.3 is 19.7 Å². The van der Waals surface area contributed by atoms with E-state index in [0.29, 0.717) is 11.7 Å². The predicted octanol–water partition coefficient (Wildman–Crippen LogP) is 4.47. The zero-order valence-corrected chi connectivity index (χ0v) is 19.1. The van der Waals surface area contributed by atoms with E-state index in [4.69, 9.17) is 9.26 Å². The number of methoxy groups -OCH3 is 1. The zero-order chi connectivity index (χ0) is 24.5. The molecule has 1 aliphatic rings. The van der Waals surface area contributed by atoms with Crippen LogP contribution in [0.1, 0.15) is 64.0 Å². The number of nitrogens with one attached hydrogen (secondary N) is 1. The number of rotatable bonds is 7. The van der Waals surface area contributed by atoms with Crippen LogP contribution in [0.15, 0.2) is 71.4 Å². The molecule has 4 atom stereocenters. The maximum atomic E-state index is 13.5. The highest BCUT2D eigenvalue weighted by molar-refractivity contribution is 5.95. The molecule has 4 aromatic rings. The summed E-state index contributed by atoms with van der Waals surface area (Å²) >= 11 is 0. The first-order valence-electron chi connectivity index (χ1n) is 11.1. The number of carbonyl (C=O) groups excluding carboxylic acids is 1. The molecule has 2 aromatic carbocycles. The number of halogens is 1. The first-order valence-corrected chi connectivity index (χ1v) is 11.1. The van der Waals surface area contributed by atoms with Crippen LogP contribution in [-0.4, -0.2) is 33.2 Å². The third-order valence-electron chi connectivity index (χ3n) is 6.26. The van der Waals surface area contributed by atoms with E-state index in [1.165, 1.54) is 31.5 Å². The van der Waals surface area contributed by atoms with Crippen molar-refractivity contribution < 1.29 is 23.6 Å². The van der Waals surface area contributed by atoms with Crippen LogP contribution < -0.4 is 10.1 Å². The number of aromatic nitrogens is 3. The highest BCUT2D eigenvalue weighted by Crippen LogP contribution is 2.65. The van der Waals surface area contributed by atoms with Crippen LogP contribution in [0.3, 0.4) is 0 Å². The summed E-state index contributed by atoms with van der Waals surface area (Å²) in [6, 6.07) is 17.3. The lowest BCUT2D eigenvalue weighted by Crippen LogP contribution is -2.28. The van der Waals surface area contributed by atoms with E-state index >= 15 is 0 Å². The Morgan fingerprint density at radius 3 is 2.43 bits per heavy atom. The molecule has 1 fully saturated rings. The second-order valence-corrected chi connectivity index (χ2v) is 8.44. The maximum absolute atomic E-state index is 13.5. The van der Waals surface area contributed by atoms with E-state index in [9.17, 15) is 14.3 Å². The first kappa shape index (κ1) is 22.5. The Morgan fingerprint density at radius 2 is 1.74 bits per heavy atom. The van der Waals surface area contributed by atoms with Gasteiger partial charge in [0.25, 0.3) is 5.91 Å². The molecule has 1 saturated carbocycles. The fraction of sp³-hybridized carbons (Fsp3) is 0.231. The molecule has 2 N–H and O–H groups in total. The Morgan fingerprint density at radius 1 is 1.06 bits per heavy atom. The lowest BCUT2D eigenvalue weighted by atomic mass is 10.0. The van der Waals surface area contributed by atoms with E-state index in [0.717, 1.165) is 11.1 Å². The van der Waals surface area contributed by atoms with E-state index < -0.39 is 11.9 Å². The molecule has 0 spiro atoms. The van der Waals surface area contributed by atoms with Crippen LogP contribution in [0, 0.1) is 5.82 Å². The van der Waals surface area contributed by atoms with Crippen molar-refractivity contribution in [1.82, 2.24) is 20.4 Å². The summed E-state index contributed by atoms with van der Waals surface area (Å²) in [5.74, 6) is -0.241. The van der Waals surface area contributed by atoms with Gasteiger partial charge in [-0.1, -0.05) is 47.6 Å². The van der Waals surface area contributed by atoms with Gasteiger partial charge >= 0.3 is 0 Å². The highest BCUT2D eigenvalue weighted by Gasteiger charge is 2.55. The van der Waals surface area contributed by atoms with E-state index in [-0.39, 0.29) is 40.8 Å². The lowest BCUT2D eigenvalue weighted by Gasteiger charge is -2.11. The lowest BCUT2D eigenvalue weighted by molar-refractivity contribution is 0.0929. The van der Waals surface area contributed by atoms with Gasteiger partial charge in [0.15, 0.2) is 23.0 Å². The van der Waals surface area contributed by atoms with Gasteiger partial charge in [0.1, 0.15) is 5.82 Å². The van der Waals surface area contributed by atoms with Crippen LogP contribution in [0.4, 0.5) is 4.39 Å². The van der Waals surface area contributed by atoms with Gasteiger partial charge in [0.05, 0.1) is 19.1 Å². The maximum Gasteiger partial charge on any atom is 0.274 e.